The van der Waals surface area contributed by atoms with Crippen molar-refractivity contribution in [2.45, 2.75) is 50.4 Å². The van der Waals surface area contributed by atoms with E-state index < -0.39 is 35.0 Å². The maximum atomic E-state index is 14.4. The summed E-state index contributed by atoms with van der Waals surface area (Å²) in [5, 5.41) is 9.64. The Labute approximate surface area is 215 Å². The Morgan fingerprint density at radius 2 is 1.89 bits per heavy atom. The summed E-state index contributed by atoms with van der Waals surface area (Å²) in [6.07, 6.45) is 9.07. The second-order valence-electron chi connectivity index (χ2n) is 10.1. The van der Waals surface area contributed by atoms with Crippen molar-refractivity contribution in [2.24, 2.45) is 11.8 Å². The summed E-state index contributed by atoms with van der Waals surface area (Å²) in [5.74, 6) is -2.86. The predicted octanol–water partition coefficient (Wildman–Crippen LogP) is 2.80. The Bertz CT molecular complexity index is 1130. The Kier molecular flexibility index (Phi) is 6.47. The van der Waals surface area contributed by atoms with E-state index in [2.05, 4.69) is 0 Å². The van der Waals surface area contributed by atoms with Gasteiger partial charge in [-0.05, 0) is 50.8 Å². The molecule has 1 spiro atoms. The zero-order valence-electron chi connectivity index (χ0n) is 20.5. The van der Waals surface area contributed by atoms with Gasteiger partial charge in [0.2, 0.25) is 5.91 Å². The van der Waals surface area contributed by atoms with Crippen molar-refractivity contribution in [3.05, 3.63) is 53.1 Å². The maximum Gasteiger partial charge on any atom is 0.313 e. The molecule has 0 bridgehead atoms. The first-order chi connectivity index (χ1) is 17.2. The van der Waals surface area contributed by atoms with Gasteiger partial charge in [-0.3, -0.25) is 14.4 Å². The normalized spacial score (nSPS) is 33.2. The summed E-state index contributed by atoms with van der Waals surface area (Å²) in [6.45, 7) is 4.42. The summed E-state index contributed by atoms with van der Waals surface area (Å²) >= 11 is 6.55. The van der Waals surface area contributed by atoms with Crippen LogP contribution in [0.25, 0.3) is 0 Å². The number of halogens is 1. The number of rotatable bonds is 6. The molecule has 2 saturated heterocycles. The van der Waals surface area contributed by atoms with Crippen LogP contribution >= 0.6 is 11.6 Å². The van der Waals surface area contributed by atoms with Crippen LogP contribution in [0.5, 0.6) is 0 Å². The number of likely N-dealkylation sites (tertiary alicyclic amines) is 1. The molecule has 4 aliphatic heterocycles. The molecule has 0 saturated carbocycles. The summed E-state index contributed by atoms with van der Waals surface area (Å²) in [4.78, 5) is 44.7. The Hall–Kier alpha value is -2.68. The summed E-state index contributed by atoms with van der Waals surface area (Å²) in [7, 11) is 0. The van der Waals surface area contributed by atoms with Crippen LogP contribution in [-0.4, -0.2) is 71.3 Å². The number of aliphatic hydroxyl groups excluding tert-OH is 1. The lowest BCUT2D eigenvalue weighted by atomic mass is 9.75. The van der Waals surface area contributed by atoms with Crippen molar-refractivity contribution in [1.29, 1.82) is 0 Å². The molecule has 4 aliphatic rings. The molecule has 0 radical (unpaired) electrons. The van der Waals surface area contributed by atoms with E-state index in [0.717, 1.165) is 5.56 Å². The average molecular weight is 515 g/mol. The van der Waals surface area contributed by atoms with E-state index >= 15 is 0 Å². The molecule has 8 nitrogen and oxygen atoms in total. The first kappa shape index (κ1) is 25.0. The molecule has 9 heteroatoms. The van der Waals surface area contributed by atoms with Crippen molar-refractivity contribution in [2.75, 3.05) is 31.2 Å². The molecular formula is C27H31ClN2O6. The van der Waals surface area contributed by atoms with E-state index in [4.69, 9.17) is 21.1 Å². The third-order valence-corrected chi connectivity index (χ3v) is 8.13. The summed E-state index contributed by atoms with van der Waals surface area (Å²) in [5.41, 5.74) is -0.976. The number of unbranched alkanes of at least 4 members (excludes halogenated alkanes) is 2. The van der Waals surface area contributed by atoms with Gasteiger partial charge in [-0.15, -0.1) is 0 Å². The molecule has 1 aromatic rings. The van der Waals surface area contributed by atoms with Gasteiger partial charge in [-0.2, -0.15) is 0 Å². The monoisotopic (exact) mass is 514 g/mol. The van der Waals surface area contributed by atoms with Crippen molar-refractivity contribution in [1.82, 2.24) is 4.90 Å². The van der Waals surface area contributed by atoms with Crippen LogP contribution in [0.3, 0.4) is 0 Å². The number of hydrogen-bond donors (Lipinski definition) is 1. The van der Waals surface area contributed by atoms with E-state index in [0.29, 0.717) is 36.5 Å². The molecule has 5 rings (SSSR count). The second kappa shape index (κ2) is 9.32. The standard InChI is InChI=1S/C27H31ClN2O6/c1-17-9-6-10-18(28)21(17)29-14-7-12-27-19(20-25(34)35-16-8-11-26(20,2)36-27)23(32)30(22(27)24(29)33)13-4-3-5-15-31/h6-12,19-20,22,31H,3-5,13-16H2,1-2H3/t19-,20-,22?,26+,27-/m0/s1. The number of carbonyl (C=O) groups is 3. The van der Waals surface area contributed by atoms with Crippen molar-refractivity contribution < 1.29 is 29.0 Å². The quantitative estimate of drug-likeness (QED) is 0.356. The average Bonchev–Trinajstić information content (AvgIpc) is 3.08. The number of para-hydroxylation sites is 1. The van der Waals surface area contributed by atoms with E-state index in [9.17, 15) is 19.5 Å². The molecule has 36 heavy (non-hydrogen) atoms. The van der Waals surface area contributed by atoms with Crippen molar-refractivity contribution in [3.8, 4) is 0 Å². The number of ether oxygens (including phenoxy) is 2. The van der Waals surface area contributed by atoms with Crippen LogP contribution in [0.1, 0.15) is 31.7 Å². The molecule has 2 amide bonds. The van der Waals surface area contributed by atoms with Crippen LogP contribution in [0.4, 0.5) is 5.69 Å². The molecular weight excluding hydrogens is 484 g/mol. The fourth-order valence-corrected chi connectivity index (χ4v) is 6.66. The zero-order valence-corrected chi connectivity index (χ0v) is 21.2. The molecule has 5 atom stereocenters. The van der Waals surface area contributed by atoms with E-state index in [1.807, 2.05) is 25.1 Å². The number of aliphatic hydroxyl groups is 1. The lowest BCUT2D eigenvalue weighted by Crippen LogP contribution is -2.56. The highest BCUT2D eigenvalue weighted by Gasteiger charge is 2.74. The zero-order chi connectivity index (χ0) is 25.7. The Balaban J connectivity index is 1.62. The van der Waals surface area contributed by atoms with Gasteiger partial charge in [-0.1, -0.05) is 42.0 Å². The summed E-state index contributed by atoms with van der Waals surface area (Å²) in [6, 6.07) is 4.49. The number of carbonyl (C=O) groups excluding carboxylic acids is 3. The number of cyclic esters (lactones) is 1. The topological polar surface area (TPSA) is 96.4 Å². The van der Waals surface area contributed by atoms with Crippen molar-refractivity contribution >= 4 is 35.1 Å². The Morgan fingerprint density at radius 1 is 1.08 bits per heavy atom. The lowest BCUT2D eigenvalue weighted by Gasteiger charge is -2.37. The van der Waals surface area contributed by atoms with Gasteiger partial charge >= 0.3 is 5.97 Å². The van der Waals surface area contributed by atoms with Crippen molar-refractivity contribution in [3.63, 3.8) is 0 Å². The number of anilines is 1. The first-order valence-corrected chi connectivity index (χ1v) is 12.8. The Morgan fingerprint density at radius 3 is 2.64 bits per heavy atom. The number of esters is 1. The molecule has 1 aromatic carbocycles. The first-order valence-electron chi connectivity index (χ1n) is 12.5. The van der Waals surface area contributed by atoms with Crippen LogP contribution in [-0.2, 0) is 23.9 Å². The largest absolute Gasteiger partial charge is 0.461 e. The highest BCUT2D eigenvalue weighted by molar-refractivity contribution is 6.34. The van der Waals surface area contributed by atoms with E-state index in [1.54, 1.807) is 41.0 Å². The molecule has 4 heterocycles. The van der Waals surface area contributed by atoms with E-state index in [-0.39, 0.29) is 31.6 Å². The number of aryl methyl sites for hydroxylation is 1. The molecule has 0 aromatic heterocycles. The minimum absolute atomic E-state index is 0.0624. The minimum Gasteiger partial charge on any atom is -0.461 e. The summed E-state index contributed by atoms with van der Waals surface area (Å²) < 4.78 is 12.1. The van der Waals surface area contributed by atoms with Gasteiger partial charge in [0.25, 0.3) is 5.91 Å². The number of benzene rings is 1. The van der Waals surface area contributed by atoms with Gasteiger partial charge in [-0.25, -0.2) is 0 Å². The molecule has 0 aliphatic carbocycles. The van der Waals surface area contributed by atoms with Gasteiger partial charge in [0.05, 0.1) is 22.2 Å². The van der Waals surface area contributed by atoms with Gasteiger partial charge in [0, 0.05) is 19.7 Å². The molecule has 2 fully saturated rings. The van der Waals surface area contributed by atoms with Crippen LogP contribution < -0.4 is 4.90 Å². The second-order valence-corrected chi connectivity index (χ2v) is 10.5. The lowest BCUT2D eigenvalue weighted by molar-refractivity contribution is -0.156. The van der Waals surface area contributed by atoms with Crippen LogP contribution in [0, 0.1) is 18.8 Å². The molecule has 1 N–H and O–H groups in total. The smallest absolute Gasteiger partial charge is 0.313 e. The van der Waals surface area contributed by atoms with E-state index in [1.165, 1.54) is 0 Å². The number of nitrogens with zero attached hydrogens (tertiary/aromatic N) is 2. The van der Waals surface area contributed by atoms with Crippen LogP contribution in [0.2, 0.25) is 5.02 Å². The highest BCUT2D eigenvalue weighted by atomic mass is 35.5. The number of fused-ring (bicyclic) bond motifs is 2. The maximum absolute atomic E-state index is 14.4. The SMILES string of the molecule is Cc1cccc(Cl)c1N1CC=C[C@]23O[C@]4(C)C=CCOC(=O)[C@@H]4[C@H]2C(=O)N(CCCCCO)C3C1=O. The fraction of sp³-hybridized carbons (Fsp3) is 0.519. The third-order valence-electron chi connectivity index (χ3n) is 7.83. The van der Waals surface area contributed by atoms with Gasteiger partial charge < -0.3 is 24.4 Å². The minimum atomic E-state index is -1.32. The van der Waals surface area contributed by atoms with Crippen LogP contribution in [0.15, 0.2) is 42.5 Å². The fourth-order valence-electron chi connectivity index (χ4n) is 6.33. The number of hydrogen-bond acceptors (Lipinski definition) is 6. The number of amides is 2. The highest BCUT2D eigenvalue weighted by Crippen LogP contribution is 2.57. The predicted molar refractivity (Wildman–Crippen MR) is 133 cm³/mol. The third kappa shape index (κ3) is 3.69. The van der Waals surface area contributed by atoms with Gasteiger partial charge in [0.15, 0.2) is 0 Å². The molecule has 1 unspecified atom stereocenters. The molecule has 192 valence electrons. The van der Waals surface area contributed by atoms with Gasteiger partial charge in [0.1, 0.15) is 24.2 Å².